The van der Waals surface area contributed by atoms with Crippen LogP contribution in [0.4, 0.5) is 4.39 Å². The maximum atomic E-state index is 13.4. The van der Waals surface area contributed by atoms with Gasteiger partial charge in [0.1, 0.15) is 11.6 Å². The number of hydrogen-bond acceptors (Lipinski definition) is 4. The highest BCUT2D eigenvalue weighted by Crippen LogP contribution is 2.18. The third kappa shape index (κ3) is 4.35. The van der Waals surface area contributed by atoms with Gasteiger partial charge in [0.05, 0.1) is 5.69 Å². The number of amides is 1. The topological polar surface area (TPSA) is 85.8 Å². The normalized spacial score (nSPS) is 11.0. The van der Waals surface area contributed by atoms with Crippen molar-refractivity contribution in [1.29, 1.82) is 0 Å². The van der Waals surface area contributed by atoms with E-state index in [0.29, 0.717) is 24.6 Å². The van der Waals surface area contributed by atoms with Gasteiger partial charge in [0, 0.05) is 12.5 Å². The Morgan fingerprint density at radius 3 is 2.83 bits per heavy atom. The van der Waals surface area contributed by atoms with Crippen LogP contribution in [0.3, 0.4) is 0 Å². The summed E-state index contributed by atoms with van der Waals surface area (Å²) in [5.41, 5.74) is 5.96. The zero-order valence-electron chi connectivity index (χ0n) is 13.4. The number of benzene rings is 1. The summed E-state index contributed by atoms with van der Waals surface area (Å²) >= 11 is 0. The Bertz CT molecular complexity index is 668. The van der Waals surface area contributed by atoms with Gasteiger partial charge in [-0.3, -0.25) is 4.79 Å². The minimum atomic E-state index is -0.361. The van der Waals surface area contributed by atoms with Gasteiger partial charge >= 0.3 is 0 Å². The molecule has 7 heteroatoms. The van der Waals surface area contributed by atoms with E-state index in [4.69, 9.17) is 5.73 Å². The van der Waals surface area contributed by atoms with Gasteiger partial charge in [-0.1, -0.05) is 19.9 Å². The molecule has 0 fully saturated rings. The Kier molecular flexibility index (Phi) is 5.81. The number of nitrogens with one attached hydrogen (secondary N) is 1. The second kappa shape index (κ2) is 7.82. The minimum absolute atomic E-state index is 0.0459. The summed E-state index contributed by atoms with van der Waals surface area (Å²) in [6.07, 6.45) is 1.66. The van der Waals surface area contributed by atoms with Crippen molar-refractivity contribution in [3.8, 4) is 5.69 Å². The van der Waals surface area contributed by atoms with Crippen LogP contribution in [-0.4, -0.2) is 33.8 Å². The summed E-state index contributed by atoms with van der Waals surface area (Å²) in [6.45, 7) is 5.02. The SMILES string of the molecule is CC(C)c1nc(C(=O)NCCCCN)nn1-c1cccc(F)c1. The molecule has 23 heavy (non-hydrogen) atoms. The van der Waals surface area contributed by atoms with Crippen molar-refractivity contribution in [2.24, 2.45) is 5.73 Å². The largest absolute Gasteiger partial charge is 0.349 e. The number of halogens is 1. The molecule has 3 N–H and O–H groups in total. The Labute approximate surface area is 134 Å². The highest BCUT2D eigenvalue weighted by Gasteiger charge is 2.19. The molecule has 2 rings (SSSR count). The van der Waals surface area contributed by atoms with Crippen LogP contribution in [0.2, 0.25) is 0 Å². The van der Waals surface area contributed by atoms with E-state index in [0.717, 1.165) is 12.8 Å². The first kappa shape index (κ1) is 17.1. The zero-order chi connectivity index (χ0) is 16.8. The minimum Gasteiger partial charge on any atom is -0.349 e. The summed E-state index contributed by atoms with van der Waals surface area (Å²) in [5.74, 6) is 0.0533. The molecule has 0 atom stereocenters. The number of unbranched alkanes of at least 4 members (excludes halogenated alkanes) is 1. The molecule has 0 saturated heterocycles. The van der Waals surface area contributed by atoms with Crippen molar-refractivity contribution < 1.29 is 9.18 Å². The Morgan fingerprint density at radius 1 is 1.39 bits per heavy atom. The van der Waals surface area contributed by atoms with Gasteiger partial charge in [-0.15, -0.1) is 5.10 Å². The number of carbonyl (C=O) groups excluding carboxylic acids is 1. The molecule has 0 saturated carbocycles. The number of rotatable bonds is 7. The standard InChI is InChI=1S/C16H22FN5O/c1-11(2)15-20-14(16(23)19-9-4-3-8-18)21-22(15)13-7-5-6-12(17)10-13/h5-7,10-11H,3-4,8-9,18H2,1-2H3,(H,19,23). The Morgan fingerprint density at radius 2 is 2.17 bits per heavy atom. The molecule has 2 aromatic rings. The second-order valence-corrected chi connectivity index (χ2v) is 5.59. The van der Waals surface area contributed by atoms with E-state index in [-0.39, 0.29) is 23.5 Å². The zero-order valence-corrected chi connectivity index (χ0v) is 13.4. The van der Waals surface area contributed by atoms with E-state index in [1.807, 2.05) is 13.8 Å². The number of hydrogen-bond donors (Lipinski definition) is 2. The van der Waals surface area contributed by atoms with Gasteiger partial charge in [-0.25, -0.2) is 14.1 Å². The van der Waals surface area contributed by atoms with E-state index in [1.54, 1.807) is 12.1 Å². The second-order valence-electron chi connectivity index (χ2n) is 5.59. The van der Waals surface area contributed by atoms with Crippen LogP contribution in [-0.2, 0) is 0 Å². The quantitative estimate of drug-likeness (QED) is 0.764. The molecular weight excluding hydrogens is 297 g/mol. The molecule has 0 unspecified atom stereocenters. The van der Waals surface area contributed by atoms with Gasteiger partial charge in [-0.2, -0.15) is 0 Å². The smallest absolute Gasteiger partial charge is 0.290 e. The number of carbonyl (C=O) groups is 1. The van der Waals surface area contributed by atoms with Crippen molar-refractivity contribution >= 4 is 5.91 Å². The van der Waals surface area contributed by atoms with Crippen molar-refractivity contribution in [3.05, 3.63) is 41.7 Å². The lowest BCUT2D eigenvalue weighted by molar-refractivity contribution is 0.0942. The molecule has 1 heterocycles. The maximum absolute atomic E-state index is 13.4. The first-order valence-corrected chi connectivity index (χ1v) is 7.74. The van der Waals surface area contributed by atoms with E-state index in [2.05, 4.69) is 15.4 Å². The number of nitrogens with two attached hydrogens (primary N) is 1. The summed E-state index contributed by atoms with van der Waals surface area (Å²) in [5, 5.41) is 7.01. The van der Waals surface area contributed by atoms with Crippen molar-refractivity contribution in [2.45, 2.75) is 32.6 Å². The third-order valence-corrected chi connectivity index (χ3v) is 3.32. The summed E-state index contributed by atoms with van der Waals surface area (Å²) in [4.78, 5) is 16.4. The molecule has 0 aliphatic heterocycles. The highest BCUT2D eigenvalue weighted by atomic mass is 19.1. The summed E-state index contributed by atoms with van der Waals surface area (Å²) in [6, 6.07) is 6.06. The van der Waals surface area contributed by atoms with E-state index >= 15 is 0 Å². The lowest BCUT2D eigenvalue weighted by Gasteiger charge is -2.07. The fourth-order valence-corrected chi connectivity index (χ4v) is 2.14. The first-order chi connectivity index (χ1) is 11.0. The van der Waals surface area contributed by atoms with E-state index in [1.165, 1.54) is 16.8 Å². The van der Waals surface area contributed by atoms with Crippen LogP contribution in [0, 0.1) is 5.82 Å². The molecule has 0 bridgehead atoms. The van der Waals surface area contributed by atoms with Crippen LogP contribution in [0.25, 0.3) is 5.69 Å². The summed E-state index contributed by atoms with van der Waals surface area (Å²) < 4.78 is 15.0. The van der Waals surface area contributed by atoms with Crippen LogP contribution < -0.4 is 11.1 Å². The van der Waals surface area contributed by atoms with Gasteiger partial charge in [0.25, 0.3) is 5.91 Å². The average molecular weight is 319 g/mol. The monoisotopic (exact) mass is 319 g/mol. The fourth-order valence-electron chi connectivity index (χ4n) is 2.14. The molecule has 6 nitrogen and oxygen atoms in total. The number of nitrogens with zero attached hydrogens (tertiary/aromatic N) is 3. The molecule has 1 aromatic heterocycles. The Balaban J connectivity index is 2.23. The molecular formula is C16H22FN5O. The highest BCUT2D eigenvalue weighted by molar-refractivity contribution is 5.90. The summed E-state index contributed by atoms with van der Waals surface area (Å²) in [7, 11) is 0. The first-order valence-electron chi connectivity index (χ1n) is 7.74. The van der Waals surface area contributed by atoms with Crippen LogP contribution in [0.5, 0.6) is 0 Å². The van der Waals surface area contributed by atoms with Crippen LogP contribution in [0.15, 0.2) is 24.3 Å². The predicted molar refractivity (Wildman–Crippen MR) is 86.0 cm³/mol. The van der Waals surface area contributed by atoms with Crippen molar-refractivity contribution in [2.75, 3.05) is 13.1 Å². The van der Waals surface area contributed by atoms with Gasteiger partial charge < -0.3 is 11.1 Å². The fraction of sp³-hybridized carbons (Fsp3) is 0.438. The van der Waals surface area contributed by atoms with Crippen molar-refractivity contribution in [1.82, 2.24) is 20.1 Å². The molecule has 1 aromatic carbocycles. The van der Waals surface area contributed by atoms with Gasteiger partial charge in [0.15, 0.2) is 0 Å². The van der Waals surface area contributed by atoms with E-state index in [9.17, 15) is 9.18 Å². The predicted octanol–water partition coefficient (Wildman–Crippen LogP) is 2.00. The average Bonchev–Trinajstić information content (AvgIpc) is 2.97. The lowest BCUT2D eigenvalue weighted by atomic mass is 10.2. The lowest BCUT2D eigenvalue weighted by Crippen LogP contribution is -2.26. The molecule has 0 aliphatic carbocycles. The van der Waals surface area contributed by atoms with Crippen LogP contribution in [0.1, 0.15) is 49.1 Å². The molecule has 124 valence electrons. The van der Waals surface area contributed by atoms with Crippen LogP contribution >= 0.6 is 0 Å². The van der Waals surface area contributed by atoms with Gasteiger partial charge in [-0.05, 0) is 37.6 Å². The molecule has 1 amide bonds. The van der Waals surface area contributed by atoms with Crippen molar-refractivity contribution in [3.63, 3.8) is 0 Å². The van der Waals surface area contributed by atoms with E-state index < -0.39 is 0 Å². The third-order valence-electron chi connectivity index (χ3n) is 3.32. The molecule has 0 radical (unpaired) electrons. The number of aromatic nitrogens is 3. The van der Waals surface area contributed by atoms with Gasteiger partial charge in [0.2, 0.25) is 5.82 Å². The molecule has 0 aliphatic rings. The molecule has 0 spiro atoms. The Hall–Kier alpha value is -2.28. The maximum Gasteiger partial charge on any atom is 0.290 e.